The minimum atomic E-state index is -0.197. The molecule has 2 aromatic carbocycles. The first-order valence-electron chi connectivity index (χ1n) is 9.14. The van der Waals surface area contributed by atoms with Crippen LogP contribution in [0.15, 0.2) is 64.9 Å². The predicted octanol–water partition coefficient (Wildman–Crippen LogP) is 4.78. The molecule has 0 unspecified atom stereocenters. The first-order chi connectivity index (χ1) is 13.0. The van der Waals surface area contributed by atoms with E-state index in [1.807, 2.05) is 31.3 Å². The molecule has 4 heteroatoms. The first-order valence-corrected chi connectivity index (χ1v) is 9.14. The van der Waals surface area contributed by atoms with Gasteiger partial charge < -0.3 is 4.84 Å². The van der Waals surface area contributed by atoms with Crippen LogP contribution in [0.1, 0.15) is 43.0 Å². The van der Waals surface area contributed by atoms with Crippen molar-refractivity contribution in [1.82, 2.24) is 4.98 Å². The van der Waals surface area contributed by atoms with Crippen LogP contribution in [-0.4, -0.2) is 29.1 Å². The van der Waals surface area contributed by atoms with Crippen LogP contribution in [0.3, 0.4) is 0 Å². The third kappa shape index (κ3) is 3.23. The summed E-state index contributed by atoms with van der Waals surface area (Å²) in [6.07, 6.45) is 2.79. The molecule has 0 spiro atoms. The highest BCUT2D eigenvalue weighted by Gasteiger charge is 2.29. The Morgan fingerprint density at radius 1 is 1.11 bits per heavy atom. The van der Waals surface area contributed by atoms with Crippen LogP contribution < -0.4 is 0 Å². The summed E-state index contributed by atoms with van der Waals surface area (Å²) in [6.45, 7) is 6.32. The molecule has 3 aromatic rings. The van der Waals surface area contributed by atoms with E-state index >= 15 is 0 Å². The Morgan fingerprint density at radius 2 is 1.93 bits per heavy atom. The Bertz CT molecular complexity index is 1080. The molecule has 27 heavy (non-hydrogen) atoms. The molecule has 0 N–H and O–H groups in total. The second-order valence-electron chi connectivity index (χ2n) is 7.56. The molecular weight excluding hydrogens is 334 g/mol. The quantitative estimate of drug-likeness (QED) is 0.500. The van der Waals surface area contributed by atoms with Gasteiger partial charge in [-0.25, -0.2) is 0 Å². The SMILES string of the molecule is CO/N=C(\C)c1cccc2c1CC(C)(C)N=C2c1cnc2ccccc2c1. The van der Waals surface area contributed by atoms with Gasteiger partial charge in [-0.3, -0.25) is 9.98 Å². The number of rotatable bonds is 3. The lowest BCUT2D eigenvalue weighted by atomic mass is 9.82. The van der Waals surface area contributed by atoms with Crippen molar-refractivity contribution in [2.75, 3.05) is 7.11 Å². The Morgan fingerprint density at radius 3 is 2.74 bits per heavy atom. The van der Waals surface area contributed by atoms with Gasteiger partial charge in [-0.15, -0.1) is 0 Å². The molecule has 0 saturated carbocycles. The van der Waals surface area contributed by atoms with Gasteiger partial charge in [-0.05, 0) is 44.9 Å². The lowest BCUT2D eigenvalue weighted by molar-refractivity contribution is 0.213. The highest BCUT2D eigenvalue weighted by molar-refractivity contribution is 6.17. The van der Waals surface area contributed by atoms with E-state index in [1.54, 1.807) is 7.11 Å². The van der Waals surface area contributed by atoms with E-state index in [4.69, 9.17) is 9.83 Å². The summed E-state index contributed by atoms with van der Waals surface area (Å²) in [4.78, 5) is 14.7. The Labute approximate surface area is 159 Å². The van der Waals surface area contributed by atoms with Crippen molar-refractivity contribution >= 4 is 22.3 Å². The summed E-state index contributed by atoms with van der Waals surface area (Å²) >= 11 is 0. The van der Waals surface area contributed by atoms with Crippen LogP contribution in [0.5, 0.6) is 0 Å². The van der Waals surface area contributed by atoms with Crippen molar-refractivity contribution in [3.05, 3.63) is 77.0 Å². The van der Waals surface area contributed by atoms with Crippen molar-refractivity contribution in [2.24, 2.45) is 10.1 Å². The number of aromatic nitrogens is 1. The van der Waals surface area contributed by atoms with E-state index in [1.165, 1.54) is 5.56 Å². The maximum Gasteiger partial charge on any atom is 0.106 e. The second-order valence-corrected chi connectivity index (χ2v) is 7.56. The average Bonchev–Trinajstić information content (AvgIpc) is 2.66. The smallest absolute Gasteiger partial charge is 0.106 e. The van der Waals surface area contributed by atoms with Gasteiger partial charge in [0.05, 0.1) is 22.5 Å². The summed E-state index contributed by atoms with van der Waals surface area (Å²) in [5.41, 5.74) is 7.24. The monoisotopic (exact) mass is 357 g/mol. The van der Waals surface area contributed by atoms with Crippen molar-refractivity contribution in [2.45, 2.75) is 32.7 Å². The maximum absolute atomic E-state index is 5.08. The normalized spacial score (nSPS) is 16.0. The van der Waals surface area contributed by atoms with Crippen LogP contribution in [0.25, 0.3) is 10.9 Å². The molecule has 4 rings (SSSR count). The average molecular weight is 357 g/mol. The molecule has 136 valence electrons. The molecule has 0 saturated heterocycles. The molecule has 0 bridgehead atoms. The molecule has 0 amide bonds. The minimum absolute atomic E-state index is 0.197. The number of pyridine rings is 1. The summed E-state index contributed by atoms with van der Waals surface area (Å²) in [6, 6.07) is 16.7. The van der Waals surface area contributed by atoms with Crippen LogP contribution in [-0.2, 0) is 11.3 Å². The molecule has 0 fully saturated rings. The topological polar surface area (TPSA) is 46.8 Å². The van der Waals surface area contributed by atoms with Crippen molar-refractivity contribution in [1.29, 1.82) is 0 Å². The number of oxime groups is 1. The number of para-hydroxylation sites is 1. The Kier molecular flexibility index (Phi) is 4.27. The number of fused-ring (bicyclic) bond motifs is 2. The summed E-state index contributed by atoms with van der Waals surface area (Å²) in [5.74, 6) is 0. The molecule has 1 aliphatic heterocycles. The first kappa shape index (κ1) is 17.4. The van der Waals surface area contributed by atoms with Crippen LogP contribution >= 0.6 is 0 Å². The number of hydrogen-bond acceptors (Lipinski definition) is 4. The van der Waals surface area contributed by atoms with Gasteiger partial charge >= 0.3 is 0 Å². The summed E-state index contributed by atoms with van der Waals surface area (Å²) in [5, 5.41) is 5.28. The van der Waals surface area contributed by atoms with E-state index in [0.29, 0.717) is 0 Å². The molecule has 0 atom stereocenters. The van der Waals surface area contributed by atoms with E-state index in [-0.39, 0.29) is 5.54 Å². The van der Waals surface area contributed by atoms with Gasteiger partial charge in [0.2, 0.25) is 0 Å². The largest absolute Gasteiger partial charge is 0.399 e. The summed E-state index contributed by atoms with van der Waals surface area (Å²) < 4.78 is 0. The number of hydrogen-bond donors (Lipinski definition) is 0. The van der Waals surface area contributed by atoms with Crippen molar-refractivity contribution in [3.63, 3.8) is 0 Å². The number of benzene rings is 2. The fourth-order valence-electron chi connectivity index (χ4n) is 3.78. The van der Waals surface area contributed by atoms with E-state index < -0.39 is 0 Å². The van der Waals surface area contributed by atoms with Crippen LogP contribution in [0, 0.1) is 0 Å². The van der Waals surface area contributed by atoms with Crippen molar-refractivity contribution in [3.8, 4) is 0 Å². The van der Waals surface area contributed by atoms with Gasteiger partial charge in [0.25, 0.3) is 0 Å². The molecule has 1 aliphatic rings. The van der Waals surface area contributed by atoms with Gasteiger partial charge in [-0.2, -0.15) is 0 Å². The fourth-order valence-corrected chi connectivity index (χ4v) is 3.78. The van der Waals surface area contributed by atoms with Crippen LogP contribution in [0.4, 0.5) is 0 Å². The number of nitrogens with zero attached hydrogens (tertiary/aromatic N) is 3. The standard InChI is InChI=1S/C23H23N3O/c1-15(26-27-4)18-9-7-10-19-20(18)13-23(2,3)25-22(19)17-12-16-8-5-6-11-21(16)24-14-17/h5-12,14H,13H2,1-4H3/b26-15+. The van der Waals surface area contributed by atoms with Gasteiger partial charge in [0.1, 0.15) is 7.11 Å². The van der Waals surface area contributed by atoms with Gasteiger partial charge in [0.15, 0.2) is 0 Å². The molecule has 1 aromatic heterocycles. The zero-order valence-corrected chi connectivity index (χ0v) is 16.2. The Balaban J connectivity index is 1.92. The molecule has 0 radical (unpaired) electrons. The fraction of sp³-hybridized carbons (Fsp3) is 0.261. The lowest BCUT2D eigenvalue weighted by Crippen LogP contribution is -2.31. The third-order valence-electron chi connectivity index (χ3n) is 4.94. The van der Waals surface area contributed by atoms with Gasteiger partial charge in [0, 0.05) is 28.3 Å². The van der Waals surface area contributed by atoms with Gasteiger partial charge in [-0.1, -0.05) is 41.6 Å². The lowest BCUT2D eigenvalue weighted by Gasteiger charge is -2.30. The highest BCUT2D eigenvalue weighted by Crippen LogP contribution is 2.32. The zero-order valence-electron chi connectivity index (χ0n) is 16.2. The molecular formula is C23H23N3O. The number of aliphatic imine (C=N–C) groups is 1. The van der Waals surface area contributed by atoms with Crippen LogP contribution in [0.2, 0.25) is 0 Å². The predicted molar refractivity (Wildman–Crippen MR) is 111 cm³/mol. The maximum atomic E-state index is 5.08. The third-order valence-corrected chi connectivity index (χ3v) is 4.94. The molecule has 4 nitrogen and oxygen atoms in total. The molecule has 0 aliphatic carbocycles. The Hall–Kier alpha value is -3.01. The van der Waals surface area contributed by atoms with E-state index in [9.17, 15) is 0 Å². The summed E-state index contributed by atoms with van der Waals surface area (Å²) in [7, 11) is 1.58. The minimum Gasteiger partial charge on any atom is -0.399 e. The second kappa shape index (κ2) is 6.62. The van der Waals surface area contributed by atoms with E-state index in [2.05, 4.69) is 54.3 Å². The van der Waals surface area contributed by atoms with E-state index in [0.717, 1.165) is 45.4 Å². The molecule has 2 heterocycles. The zero-order chi connectivity index (χ0) is 19.0. The highest BCUT2D eigenvalue weighted by atomic mass is 16.6. The van der Waals surface area contributed by atoms with Crippen molar-refractivity contribution < 1.29 is 4.84 Å².